The number of aliphatic hydroxyl groups is 1. The predicted molar refractivity (Wildman–Crippen MR) is 126 cm³/mol. The Morgan fingerprint density at radius 3 is 2.66 bits per heavy atom. The van der Waals surface area contributed by atoms with E-state index in [1.165, 1.54) is 28.7 Å². The minimum Gasteiger partial charge on any atom is -0.507 e. The average Bonchev–Trinajstić information content (AvgIpc) is 3.47. The number of rotatable bonds is 1. The molecule has 2 aromatic carbocycles. The largest absolute Gasteiger partial charge is 0.507 e. The first-order chi connectivity index (χ1) is 16.8. The molecule has 2 aliphatic rings. The van der Waals surface area contributed by atoms with Crippen LogP contribution in [0.4, 0.5) is 5.69 Å². The standard InChI is InChI=1S/C25H24N4O6/c1-13(30)26-21-22(32)15-12-29(17-8-4-10-19(31)20(15)17)24(34)14-6-2-3-7-16(14)27-23(33)18-9-5-11-28(18)25(21)35/h2-4,6-8,10,12,18,21-22,31-32H,5,9,11H2,1H3,(H,26,30)(H,27,33)/t18-,21-,22+/m0/s1. The number of nitrogens with one attached hydrogen (secondary N) is 2. The summed E-state index contributed by atoms with van der Waals surface area (Å²) in [7, 11) is 0. The highest BCUT2D eigenvalue weighted by Crippen LogP contribution is 2.36. The first kappa shape index (κ1) is 22.6. The number of aromatic hydroxyl groups is 1. The third kappa shape index (κ3) is 3.71. The van der Waals surface area contributed by atoms with E-state index in [1.807, 2.05) is 0 Å². The monoisotopic (exact) mass is 476 g/mol. The molecule has 1 fully saturated rings. The maximum absolute atomic E-state index is 13.7. The highest BCUT2D eigenvalue weighted by molar-refractivity contribution is 6.10. The zero-order valence-corrected chi connectivity index (χ0v) is 18.9. The van der Waals surface area contributed by atoms with Crippen molar-refractivity contribution in [3.8, 4) is 5.75 Å². The van der Waals surface area contributed by atoms with E-state index in [4.69, 9.17) is 0 Å². The fourth-order valence-corrected chi connectivity index (χ4v) is 4.97. The summed E-state index contributed by atoms with van der Waals surface area (Å²) in [5, 5.41) is 27.5. The van der Waals surface area contributed by atoms with Crippen molar-refractivity contribution in [2.45, 2.75) is 38.0 Å². The quantitative estimate of drug-likeness (QED) is 0.420. The summed E-state index contributed by atoms with van der Waals surface area (Å²) in [5.41, 5.74) is 0.889. The number of hydrogen-bond acceptors (Lipinski definition) is 6. The lowest BCUT2D eigenvalue weighted by atomic mass is 9.99. The highest BCUT2D eigenvalue weighted by Gasteiger charge is 2.42. The summed E-state index contributed by atoms with van der Waals surface area (Å²) in [5.74, 6) is -2.32. The summed E-state index contributed by atoms with van der Waals surface area (Å²) in [4.78, 5) is 53.8. The summed E-state index contributed by atoms with van der Waals surface area (Å²) in [6.07, 6.45) is 0.719. The van der Waals surface area contributed by atoms with E-state index in [2.05, 4.69) is 10.6 Å². The number of anilines is 1. The maximum atomic E-state index is 13.7. The lowest BCUT2D eigenvalue weighted by Crippen LogP contribution is -2.54. The molecule has 0 spiro atoms. The summed E-state index contributed by atoms with van der Waals surface area (Å²) < 4.78 is 1.26. The van der Waals surface area contributed by atoms with Crippen molar-refractivity contribution in [1.29, 1.82) is 0 Å². The van der Waals surface area contributed by atoms with Gasteiger partial charge >= 0.3 is 0 Å². The first-order valence-corrected chi connectivity index (χ1v) is 11.3. The smallest absolute Gasteiger partial charge is 0.264 e. The Bertz CT molecular complexity index is 1380. The Kier molecular flexibility index (Phi) is 5.52. The van der Waals surface area contributed by atoms with Crippen molar-refractivity contribution in [2.24, 2.45) is 0 Å². The van der Waals surface area contributed by atoms with E-state index in [0.29, 0.717) is 18.4 Å². The molecule has 0 saturated carbocycles. The number of phenolic OH excluding ortho intramolecular Hbond substituents is 1. The van der Waals surface area contributed by atoms with Gasteiger partial charge in [-0.1, -0.05) is 18.2 Å². The van der Waals surface area contributed by atoms with Crippen molar-refractivity contribution in [1.82, 2.24) is 14.8 Å². The van der Waals surface area contributed by atoms with Gasteiger partial charge in [-0.2, -0.15) is 0 Å². The number of para-hydroxylation sites is 1. The molecule has 0 unspecified atom stereocenters. The van der Waals surface area contributed by atoms with E-state index in [1.54, 1.807) is 36.4 Å². The van der Waals surface area contributed by atoms with Gasteiger partial charge in [-0.15, -0.1) is 0 Å². The Balaban J connectivity index is 1.77. The van der Waals surface area contributed by atoms with Gasteiger partial charge in [-0.3, -0.25) is 23.7 Å². The minimum atomic E-state index is -1.60. The van der Waals surface area contributed by atoms with E-state index >= 15 is 0 Å². The van der Waals surface area contributed by atoms with Crippen molar-refractivity contribution in [3.05, 3.63) is 59.8 Å². The zero-order valence-electron chi connectivity index (χ0n) is 18.9. The van der Waals surface area contributed by atoms with Gasteiger partial charge in [0.1, 0.15) is 23.9 Å². The van der Waals surface area contributed by atoms with Gasteiger partial charge < -0.3 is 25.7 Å². The Morgan fingerprint density at radius 2 is 1.89 bits per heavy atom. The van der Waals surface area contributed by atoms with Gasteiger partial charge in [0.05, 0.1) is 16.8 Å². The SMILES string of the molecule is CC(=O)N[C@@H]1C(=O)N2CCC[C@H]2C(=O)Nc2ccccc2C(=O)n2cc(c3c(O)cccc32)[C@H]1O. The van der Waals surface area contributed by atoms with Crippen LogP contribution < -0.4 is 10.6 Å². The van der Waals surface area contributed by atoms with Crippen LogP contribution in [0.15, 0.2) is 48.7 Å². The van der Waals surface area contributed by atoms with Crippen LogP contribution in [-0.2, 0) is 14.4 Å². The van der Waals surface area contributed by atoms with Gasteiger partial charge in [-0.25, -0.2) is 0 Å². The molecule has 180 valence electrons. The molecular weight excluding hydrogens is 452 g/mol. The molecule has 0 radical (unpaired) electrons. The average molecular weight is 476 g/mol. The molecule has 10 nitrogen and oxygen atoms in total. The third-order valence-corrected chi connectivity index (χ3v) is 6.57. The van der Waals surface area contributed by atoms with E-state index in [-0.39, 0.29) is 34.5 Å². The van der Waals surface area contributed by atoms with Gasteiger partial charge in [0.2, 0.25) is 17.7 Å². The first-order valence-electron chi connectivity index (χ1n) is 11.3. The number of aromatic nitrogens is 1. The van der Waals surface area contributed by atoms with Crippen LogP contribution in [0.2, 0.25) is 0 Å². The molecule has 3 atom stereocenters. The van der Waals surface area contributed by atoms with E-state index in [0.717, 1.165) is 0 Å². The molecule has 3 heterocycles. The number of amides is 3. The van der Waals surface area contributed by atoms with Crippen molar-refractivity contribution < 1.29 is 29.4 Å². The lowest BCUT2D eigenvalue weighted by molar-refractivity contribution is -0.142. The molecule has 3 amide bonds. The summed E-state index contributed by atoms with van der Waals surface area (Å²) in [6, 6.07) is 8.82. The van der Waals surface area contributed by atoms with Crippen LogP contribution >= 0.6 is 0 Å². The van der Waals surface area contributed by atoms with Crippen LogP contribution in [0.3, 0.4) is 0 Å². The Hall–Kier alpha value is -4.18. The van der Waals surface area contributed by atoms with Crippen LogP contribution in [0, 0.1) is 0 Å². The van der Waals surface area contributed by atoms with Crippen molar-refractivity contribution in [2.75, 3.05) is 11.9 Å². The molecule has 5 rings (SSSR count). The summed E-state index contributed by atoms with van der Waals surface area (Å²) >= 11 is 0. The number of hydrogen-bond donors (Lipinski definition) is 4. The number of benzene rings is 2. The Morgan fingerprint density at radius 1 is 1.11 bits per heavy atom. The fraction of sp³-hybridized carbons (Fsp3) is 0.280. The van der Waals surface area contributed by atoms with Crippen LogP contribution in [-0.4, -0.2) is 61.9 Å². The van der Waals surface area contributed by atoms with Crippen LogP contribution in [0.5, 0.6) is 5.75 Å². The van der Waals surface area contributed by atoms with Gasteiger partial charge in [-0.05, 0) is 37.1 Å². The van der Waals surface area contributed by atoms with Gasteiger partial charge in [0.15, 0.2) is 0 Å². The minimum absolute atomic E-state index is 0.102. The molecule has 1 aromatic heterocycles. The van der Waals surface area contributed by atoms with Crippen LogP contribution in [0.1, 0.15) is 41.8 Å². The molecule has 0 aliphatic carbocycles. The molecule has 35 heavy (non-hydrogen) atoms. The maximum Gasteiger partial charge on any atom is 0.264 e. The number of fused-ring (bicyclic) bond motifs is 7. The van der Waals surface area contributed by atoms with Gasteiger partial charge in [0.25, 0.3) is 5.91 Å². The number of nitrogens with zero attached hydrogens (tertiary/aromatic N) is 2. The van der Waals surface area contributed by atoms with Crippen LogP contribution in [0.25, 0.3) is 10.9 Å². The topological polar surface area (TPSA) is 141 Å². The molecule has 1 saturated heterocycles. The second kappa shape index (κ2) is 8.55. The number of aliphatic hydroxyl groups excluding tert-OH is 1. The predicted octanol–water partition coefficient (Wildman–Crippen LogP) is 1.52. The van der Waals surface area contributed by atoms with Crippen molar-refractivity contribution in [3.63, 3.8) is 0 Å². The number of phenols is 1. The molecule has 4 N–H and O–H groups in total. The number of carbonyl (C=O) groups excluding carboxylic acids is 4. The van der Waals surface area contributed by atoms with E-state index in [9.17, 15) is 29.4 Å². The third-order valence-electron chi connectivity index (χ3n) is 6.57. The van der Waals surface area contributed by atoms with Gasteiger partial charge in [0, 0.05) is 30.6 Å². The normalized spacial score (nSPS) is 22.5. The van der Waals surface area contributed by atoms with Crippen molar-refractivity contribution >= 4 is 40.2 Å². The summed E-state index contributed by atoms with van der Waals surface area (Å²) in [6.45, 7) is 1.49. The molecule has 2 aliphatic heterocycles. The highest BCUT2D eigenvalue weighted by atomic mass is 16.3. The second-order valence-corrected chi connectivity index (χ2v) is 8.78. The lowest BCUT2D eigenvalue weighted by Gasteiger charge is -2.30. The molecule has 3 aromatic rings. The Labute approximate surface area is 200 Å². The molecule has 2 bridgehead atoms. The molecule has 10 heteroatoms. The second-order valence-electron chi connectivity index (χ2n) is 8.78. The number of carbonyl (C=O) groups is 4. The molecular formula is C25H24N4O6. The fourth-order valence-electron chi connectivity index (χ4n) is 4.97. The van der Waals surface area contributed by atoms with E-state index < -0.39 is 41.8 Å². The zero-order chi connectivity index (χ0) is 24.9.